The summed E-state index contributed by atoms with van der Waals surface area (Å²) in [6.45, 7) is 0.915. The fourth-order valence-electron chi connectivity index (χ4n) is 2.98. The van der Waals surface area contributed by atoms with Gasteiger partial charge in [-0.05, 0) is 31.0 Å². The fourth-order valence-corrected chi connectivity index (χ4v) is 2.98. The standard InChI is InChI=1S/C17H17F3N4O/c18-17(19,20)13-5-1-2-6-15(13)23-16(25)24-9-3-4-12(10-24)14-7-8-21-11-22-14/h1-2,5-8,11-12H,3-4,9-10H2,(H,23,25)/t12-/m1/s1. The van der Waals surface area contributed by atoms with Crippen molar-refractivity contribution >= 4 is 11.7 Å². The molecular weight excluding hydrogens is 333 g/mol. The van der Waals surface area contributed by atoms with Gasteiger partial charge in [0, 0.05) is 30.9 Å². The number of amides is 2. The van der Waals surface area contributed by atoms with Gasteiger partial charge in [-0.15, -0.1) is 0 Å². The average Bonchev–Trinajstić information content (AvgIpc) is 2.62. The molecule has 0 bridgehead atoms. The van der Waals surface area contributed by atoms with Gasteiger partial charge in [0.1, 0.15) is 6.33 Å². The Morgan fingerprint density at radius 1 is 1.24 bits per heavy atom. The van der Waals surface area contributed by atoms with E-state index in [0.29, 0.717) is 13.1 Å². The van der Waals surface area contributed by atoms with Crippen LogP contribution in [0.3, 0.4) is 0 Å². The highest BCUT2D eigenvalue weighted by Gasteiger charge is 2.34. The zero-order chi connectivity index (χ0) is 17.9. The maximum Gasteiger partial charge on any atom is 0.418 e. The largest absolute Gasteiger partial charge is 0.418 e. The molecule has 0 saturated carbocycles. The van der Waals surface area contributed by atoms with Crippen molar-refractivity contribution in [2.45, 2.75) is 24.9 Å². The lowest BCUT2D eigenvalue weighted by Gasteiger charge is -2.32. The molecule has 2 heterocycles. The minimum Gasteiger partial charge on any atom is -0.324 e. The zero-order valence-electron chi connectivity index (χ0n) is 13.3. The third kappa shape index (κ3) is 4.07. The van der Waals surface area contributed by atoms with E-state index in [1.807, 2.05) is 0 Å². The normalized spacial score (nSPS) is 18.0. The maximum atomic E-state index is 13.0. The first-order chi connectivity index (χ1) is 11.9. The molecule has 1 fully saturated rings. The predicted molar refractivity (Wildman–Crippen MR) is 86.0 cm³/mol. The number of halogens is 3. The van der Waals surface area contributed by atoms with E-state index in [1.54, 1.807) is 12.3 Å². The van der Waals surface area contributed by atoms with E-state index in [9.17, 15) is 18.0 Å². The maximum absolute atomic E-state index is 13.0. The number of hydrogen-bond acceptors (Lipinski definition) is 3. The Kier molecular flexibility index (Phi) is 4.87. The lowest BCUT2D eigenvalue weighted by Crippen LogP contribution is -2.42. The molecule has 1 atom stereocenters. The van der Waals surface area contributed by atoms with E-state index >= 15 is 0 Å². The fraction of sp³-hybridized carbons (Fsp3) is 0.353. The molecule has 0 unspecified atom stereocenters. The minimum absolute atomic E-state index is 0.0559. The van der Waals surface area contributed by atoms with Crippen LogP contribution in [0.5, 0.6) is 0 Å². The van der Waals surface area contributed by atoms with Crippen LogP contribution in [0.4, 0.5) is 23.7 Å². The van der Waals surface area contributed by atoms with Crippen LogP contribution in [0.1, 0.15) is 30.0 Å². The van der Waals surface area contributed by atoms with Crippen molar-refractivity contribution in [1.82, 2.24) is 14.9 Å². The summed E-state index contributed by atoms with van der Waals surface area (Å²) in [5.74, 6) is 0.0559. The summed E-state index contributed by atoms with van der Waals surface area (Å²) >= 11 is 0. The minimum atomic E-state index is -4.52. The molecule has 1 aromatic heterocycles. The van der Waals surface area contributed by atoms with E-state index in [2.05, 4.69) is 15.3 Å². The predicted octanol–water partition coefficient (Wildman–Crippen LogP) is 3.91. The van der Waals surface area contributed by atoms with Crippen molar-refractivity contribution in [3.63, 3.8) is 0 Å². The summed E-state index contributed by atoms with van der Waals surface area (Å²) in [7, 11) is 0. The lowest BCUT2D eigenvalue weighted by molar-refractivity contribution is -0.136. The van der Waals surface area contributed by atoms with Gasteiger partial charge in [0.2, 0.25) is 0 Å². The molecule has 2 amide bonds. The summed E-state index contributed by atoms with van der Waals surface area (Å²) in [5.41, 5.74) is -0.250. The summed E-state index contributed by atoms with van der Waals surface area (Å²) in [4.78, 5) is 22.1. The molecule has 1 aromatic carbocycles. The SMILES string of the molecule is O=C(Nc1ccccc1C(F)(F)F)N1CCC[C@@H](c2ccncn2)C1. The Balaban J connectivity index is 1.72. The number of aromatic nitrogens is 2. The first kappa shape index (κ1) is 17.2. The van der Waals surface area contributed by atoms with Crippen molar-refractivity contribution in [3.8, 4) is 0 Å². The molecule has 25 heavy (non-hydrogen) atoms. The Bertz CT molecular complexity index is 736. The van der Waals surface area contributed by atoms with E-state index in [1.165, 1.54) is 29.4 Å². The van der Waals surface area contributed by atoms with Crippen LogP contribution < -0.4 is 5.32 Å². The number of nitrogens with one attached hydrogen (secondary N) is 1. The summed E-state index contributed by atoms with van der Waals surface area (Å²) in [5, 5.41) is 2.39. The molecule has 8 heteroatoms. The van der Waals surface area contributed by atoms with Crippen LogP contribution in [-0.4, -0.2) is 34.0 Å². The number of carbonyl (C=O) groups is 1. The Morgan fingerprint density at radius 3 is 2.76 bits per heavy atom. The highest BCUT2D eigenvalue weighted by atomic mass is 19.4. The number of likely N-dealkylation sites (tertiary alicyclic amines) is 1. The van der Waals surface area contributed by atoms with Crippen molar-refractivity contribution in [2.24, 2.45) is 0 Å². The van der Waals surface area contributed by atoms with Gasteiger partial charge in [-0.25, -0.2) is 14.8 Å². The summed E-state index contributed by atoms with van der Waals surface area (Å²) in [6.07, 6.45) is 0.215. The zero-order valence-corrected chi connectivity index (χ0v) is 13.3. The van der Waals surface area contributed by atoms with Crippen LogP contribution in [-0.2, 0) is 6.18 Å². The van der Waals surface area contributed by atoms with Gasteiger partial charge in [-0.1, -0.05) is 12.1 Å². The number of para-hydroxylation sites is 1. The molecule has 2 aromatic rings. The first-order valence-corrected chi connectivity index (χ1v) is 7.93. The van der Waals surface area contributed by atoms with Crippen LogP contribution in [0.2, 0.25) is 0 Å². The van der Waals surface area contributed by atoms with E-state index in [0.717, 1.165) is 24.6 Å². The molecule has 0 radical (unpaired) electrons. The second kappa shape index (κ2) is 7.08. The van der Waals surface area contributed by atoms with Gasteiger partial charge in [0.15, 0.2) is 0 Å². The Hall–Kier alpha value is -2.64. The number of benzene rings is 1. The quantitative estimate of drug-likeness (QED) is 0.893. The molecule has 1 N–H and O–H groups in total. The monoisotopic (exact) mass is 350 g/mol. The van der Waals surface area contributed by atoms with Crippen molar-refractivity contribution in [1.29, 1.82) is 0 Å². The van der Waals surface area contributed by atoms with Crippen molar-refractivity contribution in [2.75, 3.05) is 18.4 Å². The lowest BCUT2D eigenvalue weighted by atomic mass is 9.95. The third-order valence-electron chi connectivity index (χ3n) is 4.21. The van der Waals surface area contributed by atoms with Gasteiger partial charge in [-0.2, -0.15) is 13.2 Å². The second-order valence-electron chi connectivity index (χ2n) is 5.89. The number of carbonyl (C=O) groups excluding carboxylic acids is 1. The number of piperidine rings is 1. The average molecular weight is 350 g/mol. The number of urea groups is 1. The molecule has 0 spiro atoms. The van der Waals surface area contributed by atoms with Crippen molar-refractivity contribution < 1.29 is 18.0 Å². The van der Waals surface area contributed by atoms with Crippen molar-refractivity contribution in [3.05, 3.63) is 54.1 Å². The van der Waals surface area contributed by atoms with Crippen LogP contribution in [0.15, 0.2) is 42.9 Å². The Labute approximate surface area is 142 Å². The number of rotatable bonds is 2. The molecule has 132 valence electrons. The van der Waals surface area contributed by atoms with E-state index < -0.39 is 17.8 Å². The van der Waals surface area contributed by atoms with Crippen LogP contribution >= 0.6 is 0 Å². The summed E-state index contributed by atoms with van der Waals surface area (Å²) < 4.78 is 39.1. The highest BCUT2D eigenvalue weighted by molar-refractivity contribution is 5.90. The smallest absolute Gasteiger partial charge is 0.324 e. The topological polar surface area (TPSA) is 58.1 Å². The van der Waals surface area contributed by atoms with Gasteiger partial charge >= 0.3 is 12.2 Å². The second-order valence-corrected chi connectivity index (χ2v) is 5.89. The van der Waals surface area contributed by atoms with Gasteiger partial charge < -0.3 is 10.2 Å². The van der Waals surface area contributed by atoms with Gasteiger partial charge in [-0.3, -0.25) is 0 Å². The molecule has 1 aliphatic rings. The first-order valence-electron chi connectivity index (χ1n) is 7.93. The molecule has 0 aliphatic carbocycles. The number of hydrogen-bond donors (Lipinski definition) is 1. The molecule has 5 nitrogen and oxygen atoms in total. The van der Waals surface area contributed by atoms with Crippen LogP contribution in [0, 0.1) is 0 Å². The number of alkyl halides is 3. The highest BCUT2D eigenvalue weighted by Crippen LogP contribution is 2.35. The third-order valence-corrected chi connectivity index (χ3v) is 4.21. The number of anilines is 1. The molecule has 3 rings (SSSR count). The molecule has 1 saturated heterocycles. The molecule has 1 aliphatic heterocycles. The van der Waals surface area contributed by atoms with Crippen LogP contribution in [0.25, 0.3) is 0 Å². The van der Waals surface area contributed by atoms with E-state index in [4.69, 9.17) is 0 Å². The molecular formula is C17H17F3N4O. The van der Waals surface area contributed by atoms with Gasteiger partial charge in [0.25, 0.3) is 0 Å². The van der Waals surface area contributed by atoms with E-state index in [-0.39, 0.29) is 11.6 Å². The Morgan fingerprint density at radius 2 is 2.04 bits per heavy atom. The summed E-state index contributed by atoms with van der Waals surface area (Å²) in [6, 6.07) is 6.23. The number of nitrogens with zero attached hydrogens (tertiary/aromatic N) is 3. The van der Waals surface area contributed by atoms with Gasteiger partial charge in [0.05, 0.1) is 11.3 Å².